The number of rotatable bonds is 7. The lowest BCUT2D eigenvalue weighted by molar-refractivity contribution is -0.122. The number of alkyl carbamates (subject to hydrolysis) is 1. The van der Waals surface area contributed by atoms with E-state index in [1.54, 1.807) is 0 Å². The van der Waals surface area contributed by atoms with Crippen LogP contribution in [0.5, 0.6) is 0 Å². The van der Waals surface area contributed by atoms with Crippen LogP contribution >= 0.6 is 15.9 Å². The number of hydrogen-bond acceptors (Lipinski definition) is 4. The van der Waals surface area contributed by atoms with Gasteiger partial charge in [-0.15, -0.1) is 0 Å². The number of nitrogens with one attached hydrogen (secondary N) is 2. The van der Waals surface area contributed by atoms with E-state index >= 15 is 0 Å². The molecule has 0 spiro atoms. The molecule has 0 bridgehead atoms. The number of halogens is 1. The highest BCUT2D eigenvalue weighted by molar-refractivity contribution is 9.10. The van der Waals surface area contributed by atoms with Gasteiger partial charge in [-0.25, -0.2) is 4.79 Å². The number of benzene rings is 2. The number of carbonyl (C=O) groups excluding carboxylic acids is 2. The second-order valence-corrected chi connectivity index (χ2v) is 6.38. The van der Waals surface area contributed by atoms with E-state index < -0.39 is 18.0 Å². The van der Waals surface area contributed by atoms with Crippen LogP contribution in [0.4, 0.5) is 4.79 Å². The van der Waals surface area contributed by atoms with Crippen molar-refractivity contribution >= 4 is 27.9 Å². The number of nitrogens with zero attached hydrogens (tertiary/aromatic N) is 1. The Hall–Kier alpha value is -2.85. The molecule has 1 atom stereocenters. The summed E-state index contributed by atoms with van der Waals surface area (Å²) in [6.45, 7) is -0.0199. The number of ether oxygens (including phenoxy) is 1. The Balaban J connectivity index is 1.97. The highest BCUT2D eigenvalue weighted by atomic mass is 79.9. The minimum absolute atomic E-state index is 0.109. The van der Waals surface area contributed by atoms with E-state index in [9.17, 15) is 9.59 Å². The predicted molar refractivity (Wildman–Crippen MR) is 100 cm³/mol. The lowest BCUT2D eigenvalue weighted by atomic mass is 10.1. The van der Waals surface area contributed by atoms with E-state index in [0.717, 1.165) is 15.6 Å². The predicted octanol–water partition coefficient (Wildman–Crippen LogP) is 2.93. The molecule has 1 unspecified atom stereocenters. The molecule has 2 N–H and O–H groups in total. The van der Waals surface area contributed by atoms with Gasteiger partial charge in [-0.2, -0.15) is 5.26 Å². The van der Waals surface area contributed by atoms with Gasteiger partial charge in [-0.05, 0) is 23.3 Å². The van der Waals surface area contributed by atoms with Crippen LogP contribution < -0.4 is 10.6 Å². The summed E-state index contributed by atoms with van der Waals surface area (Å²) in [5.41, 5.74) is 1.72. The van der Waals surface area contributed by atoms with E-state index in [4.69, 9.17) is 10.00 Å². The van der Waals surface area contributed by atoms with Crippen molar-refractivity contribution in [2.45, 2.75) is 19.1 Å². The average Bonchev–Trinajstić information content (AvgIpc) is 2.66. The second-order valence-electron chi connectivity index (χ2n) is 5.47. The van der Waals surface area contributed by atoms with Crippen molar-refractivity contribution in [2.75, 3.05) is 6.54 Å². The molecular weight excluding hydrogens is 398 g/mol. The number of nitriles is 1. The third-order valence-electron chi connectivity index (χ3n) is 3.52. The van der Waals surface area contributed by atoms with Gasteiger partial charge in [-0.3, -0.25) is 4.79 Å². The molecule has 26 heavy (non-hydrogen) atoms. The van der Waals surface area contributed by atoms with Crippen molar-refractivity contribution in [1.29, 1.82) is 5.26 Å². The van der Waals surface area contributed by atoms with E-state index in [0.29, 0.717) is 0 Å². The van der Waals surface area contributed by atoms with Crippen LogP contribution in [-0.2, 0) is 22.6 Å². The summed E-state index contributed by atoms with van der Waals surface area (Å²) in [5, 5.41) is 13.7. The van der Waals surface area contributed by atoms with Gasteiger partial charge in [0.05, 0.1) is 6.07 Å². The first-order valence-corrected chi connectivity index (χ1v) is 8.74. The smallest absolute Gasteiger partial charge is 0.408 e. The third-order valence-corrected chi connectivity index (χ3v) is 4.04. The van der Waals surface area contributed by atoms with E-state index in [1.165, 1.54) is 0 Å². The summed E-state index contributed by atoms with van der Waals surface area (Å²) >= 11 is 3.35. The highest BCUT2D eigenvalue weighted by Gasteiger charge is 2.21. The van der Waals surface area contributed by atoms with Crippen LogP contribution in [0.15, 0.2) is 59.1 Å². The minimum atomic E-state index is -0.840. The number of amides is 2. The van der Waals surface area contributed by atoms with Crippen molar-refractivity contribution in [3.05, 3.63) is 70.2 Å². The molecule has 2 aromatic rings. The van der Waals surface area contributed by atoms with E-state index in [1.807, 2.05) is 60.7 Å². The average molecular weight is 416 g/mol. The fourth-order valence-corrected chi connectivity index (χ4v) is 2.49. The maximum atomic E-state index is 12.2. The van der Waals surface area contributed by atoms with E-state index in [2.05, 4.69) is 26.6 Å². The first-order valence-electron chi connectivity index (χ1n) is 7.95. The van der Waals surface area contributed by atoms with Gasteiger partial charge in [0, 0.05) is 10.9 Å². The Morgan fingerprint density at radius 1 is 1.08 bits per heavy atom. The van der Waals surface area contributed by atoms with Crippen molar-refractivity contribution in [2.24, 2.45) is 0 Å². The van der Waals surface area contributed by atoms with Gasteiger partial charge >= 0.3 is 6.09 Å². The standard InChI is InChI=1S/C19H18BrN3O3/c20-16-8-6-14(7-9-16)12-17(18(24)22-11-10-21)23-19(25)26-13-15-4-2-1-3-5-15/h1-9,17H,11-13H2,(H,22,24)(H,23,25). The zero-order valence-corrected chi connectivity index (χ0v) is 15.5. The highest BCUT2D eigenvalue weighted by Crippen LogP contribution is 2.12. The lowest BCUT2D eigenvalue weighted by Crippen LogP contribution is -2.48. The molecule has 7 heteroatoms. The van der Waals surface area contributed by atoms with Crippen LogP contribution in [0, 0.1) is 11.3 Å². The summed E-state index contributed by atoms with van der Waals surface area (Å²) < 4.78 is 6.09. The van der Waals surface area contributed by atoms with Crippen LogP contribution in [0.25, 0.3) is 0 Å². The molecule has 0 aromatic heterocycles. The lowest BCUT2D eigenvalue weighted by Gasteiger charge is -2.18. The molecule has 2 amide bonds. The summed E-state index contributed by atoms with van der Waals surface area (Å²) in [5.74, 6) is -0.439. The Kier molecular flexibility index (Phi) is 7.65. The Bertz CT molecular complexity index is 773. The normalized spacial score (nSPS) is 11.1. The second kappa shape index (κ2) is 10.2. The monoisotopic (exact) mass is 415 g/mol. The zero-order valence-electron chi connectivity index (χ0n) is 13.9. The third kappa shape index (κ3) is 6.57. The molecule has 0 saturated carbocycles. The molecule has 0 aliphatic heterocycles. The molecule has 0 saturated heterocycles. The molecule has 2 rings (SSSR count). The van der Waals surface area contributed by atoms with Crippen molar-refractivity contribution in [3.63, 3.8) is 0 Å². The summed E-state index contributed by atoms with van der Waals surface area (Å²) in [6, 6.07) is 17.7. The van der Waals surface area contributed by atoms with Crippen molar-refractivity contribution < 1.29 is 14.3 Å². The summed E-state index contributed by atoms with van der Waals surface area (Å²) in [6.07, 6.45) is -0.409. The van der Waals surface area contributed by atoms with Crippen LogP contribution in [0.3, 0.4) is 0 Å². The van der Waals surface area contributed by atoms with Gasteiger partial charge in [0.25, 0.3) is 0 Å². The quantitative estimate of drug-likeness (QED) is 0.679. The van der Waals surface area contributed by atoms with Gasteiger partial charge in [0.1, 0.15) is 19.2 Å². The largest absolute Gasteiger partial charge is 0.445 e. The first-order chi connectivity index (χ1) is 12.6. The fraction of sp³-hybridized carbons (Fsp3) is 0.211. The zero-order chi connectivity index (χ0) is 18.8. The molecular formula is C19H18BrN3O3. The Morgan fingerprint density at radius 2 is 1.77 bits per heavy atom. The van der Waals surface area contributed by atoms with Crippen molar-refractivity contribution in [3.8, 4) is 6.07 Å². The molecule has 0 radical (unpaired) electrons. The summed E-state index contributed by atoms with van der Waals surface area (Å²) in [7, 11) is 0. The minimum Gasteiger partial charge on any atom is -0.445 e. The SMILES string of the molecule is N#CCNC(=O)C(Cc1ccc(Br)cc1)NC(=O)OCc1ccccc1. The van der Waals surface area contributed by atoms with Gasteiger partial charge in [0.15, 0.2) is 0 Å². The molecule has 134 valence electrons. The maximum absolute atomic E-state index is 12.2. The molecule has 0 fully saturated rings. The molecule has 6 nitrogen and oxygen atoms in total. The van der Waals surface area contributed by atoms with E-state index in [-0.39, 0.29) is 19.6 Å². The topological polar surface area (TPSA) is 91.2 Å². The molecule has 0 heterocycles. The van der Waals surface area contributed by atoms with Crippen LogP contribution in [-0.4, -0.2) is 24.6 Å². The molecule has 2 aromatic carbocycles. The number of hydrogen-bond donors (Lipinski definition) is 2. The number of carbonyl (C=O) groups is 2. The Labute approximate surface area is 160 Å². The van der Waals surface area contributed by atoms with Gasteiger partial charge in [0.2, 0.25) is 5.91 Å². The van der Waals surface area contributed by atoms with Crippen LogP contribution in [0.2, 0.25) is 0 Å². The van der Waals surface area contributed by atoms with Gasteiger partial charge in [-0.1, -0.05) is 58.4 Å². The fourth-order valence-electron chi connectivity index (χ4n) is 2.22. The summed E-state index contributed by atoms with van der Waals surface area (Å²) in [4.78, 5) is 24.3. The first kappa shape index (κ1) is 19.5. The van der Waals surface area contributed by atoms with Gasteiger partial charge < -0.3 is 15.4 Å². The van der Waals surface area contributed by atoms with Crippen molar-refractivity contribution in [1.82, 2.24) is 10.6 Å². The molecule has 0 aliphatic carbocycles. The van der Waals surface area contributed by atoms with Crippen LogP contribution in [0.1, 0.15) is 11.1 Å². The molecule has 0 aliphatic rings. The Morgan fingerprint density at radius 3 is 2.42 bits per heavy atom. The maximum Gasteiger partial charge on any atom is 0.408 e.